The molecule has 0 aromatic rings. The van der Waals surface area contributed by atoms with Gasteiger partial charge in [0.1, 0.15) is 0 Å². The molecule has 0 aliphatic carbocycles. The molecule has 108 valence electrons. The Morgan fingerprint density at radius 3 is 2.42 bits per heavy atom. The van der Waals surface area contributed by atoms with E-state index in [0.717, 1.165) is 6.54 Å². The van der Waals surface area contributed by atoms with Crippen molar-refractivity contribution in [3.8, 4) is 0 Å². The molecular formula is C15H26N2O2. The highest BCUT2D eigenvalue weighted by Crippen LogP contribution is 2.43. The van der Waals surface area contributed by atoms with Crippen LogP contribution in [0.3, 0.4) is 0 Å². The second-order valence-electron chi connectivity index (χ2n) is 6.33. The minimum atomic E-state index is 0.00292. The number of likely N-dealkylation sites (tertiary alicyclic amines) is 1. The number of carbonyl (C=O) groups excluding carboxylic acids is 1. The van der Waals surface area contributed by atoms with Crippen molar-refractivity contribution < 1.29 is 9.53 Å². The summed E-state index contributed by atoms with van der Waals surface area (Å²) in [5.74, 6) is 0.697. The number of hydrogen-bond acceptors (Lipinski definition) is 4. The maximum absolute atomic E-state index is 12.1. The molecule has 4 rings (SSSR count). The number of piperidine rings is 3. The third-order valence-corrected chi connectivity index (χ3v) is 5.34. The van der Waals surface area contributed by atoms with E-state index in [1.54, 1.807) is 0 Å². The number of rotatable bonds is 4. The molecule has 0 N–H and O–H groups in total. The highest BCUT2D eigenvalue weighted by Gasteiger charge is 2.51. The van der Waals surface area contributed by atoms with E-state index in [1.807, 2.05) is 6.92 Å². The Labute approximate surface area is 116 Å². The highest BCUT2D eigenvalue weighted by molar-refractivity contribution is 5.71. The Morgan fingerprint density at radius 1 is 1.21 bits per heavy atom. The summed E-state index contributed by atoms with van der Waals surface area (Å²) in [6.07, 6.45) is 5.70. The van der Waals surface area contributed by atoms with Gasteiger partial charge in [-0.1, -0.05) is 0 Å². The number of carbonyl (C=O) groups is 1. The zero-order valence-electron chi connectivity index (χ0n) is 12.1. The van der Waals surface area contributed by atoms with Crippen LogP contribution in [-0.2, 0) is 9.53 Å². The average molecular weight is 266 g/mol. The summed E-state index contributed by atoms with van der Waals surface area (Å²) in [5, 5.41) is 0. The highest BCUT2D eigenvalue weighted by atomic mass is 16.5. The summed E-state index contributed by atoms with van der Waals surface area (Å²) >= 11 is 0. The van der Waals surface area contributed by atoms with E-state index in [9.17, 15) is 4.79 Å². The smallest absolute Gasteiger partial charge is 0.307 e. The summed E-state index contributed by atoms with van der Waals surface area (Å²) in [4.78, 5) is 17.2. The molecule has 19 heavy (non-hydrogen) atoms. The summed E-state index contributed by atoms with van der Waals surface area (Å²) < 4.78 is 5.25. The first kappa shape index (κ1) is 13.4. The van der Waals surface area contributed by atoms with Crippen LogP contribution in [0.4, 0.5) is 0 Å². The van der Waals surface area contributed by atoms with Crippen molar-refractivity contribution in [2.24, 2.45) is 5.92 Å². The van der Waals surface area contributed by atoms with E-state index >= 15 is 0 Å². The Bertz CT molecular complexity index is 329. The molecule has 4 aliphatic rings. The lowest BCUT2D eigenvalue weighted by Crippen LogP contribution is -2.67. The molecule has 4 fully saturated rings. The van der Waals surface area contributed by atoms with Crippen molar-refractivity contribution in [2.75, 3.05) is 39.3 Å². The molecule has 4 heterocycles. The van der Waals surface area contributed by atoms with E-state index in [2.05, 4.69) is 9.80 Å². The fourth-order valence-corrected chi connectivity index (χ4v) is 4.44. The number of ether oxygens (including phenoxy) is 1. The summed E-state index contributed by atoms with van der Waals surface area (Å²) in [5.41, 5.74) is 0.0826. The standard InChI is InChI=1S/C15H26N2O2/c1-2-19-14(18)11-15(17-7-3-4-8-17)12-16-9-5-13(15)6-10-16/h13H,2-12H2,1H3. The van der Waals surface area contributed by atoms with E-state index < -0.39 is 0 Å². The topological polar surface area (TPSA) is 32.8 Å². The van der Waals surface area contributed by atoms with Crippen LogP contribution in [0.1, 0.15) is 39.0 Å². The van der Waals surface area contributed by atoms with Crippen LogP contribution in [0.15, 0.2) is 0 Å². The number of fused-ring (bicyclic) bond motifs is 3. The normalized spacial score (nSPS) is 38.6. The molecule has 0 radical (unpaired) electrons. The van der Waals surface area contributed by atoms with Crippen LogP contribution < -0.4 is 0 Å². The molecule has 2 bridgehead atoms. The lowest BCUT2D eigenvalue weighted by molar-refractivity contribution is -0.152. The molecular weight excluding hydrogens is 240 g/mol. The lowest BCUT2D eigenvalue weighted by Gasteiger charge is -2.57. The van der Waals surface area contributed by atoms with Crippen LogP contribution in [0, 0.1) is 5.92 Å². The molecule has 0 saturated carbocycles. The second-order valence-corrected chi connectivity index (χ2v) is 6.33. The van der Waals surface area contributed by atoms with Gasteiger partial charge in [0.05, 0.1) is 13.0 Å². The van der Waals surface area contributed by atoms with E-state index in [0.29, 0.717) is 18.9 Å². The van der Waals surface area contributed by atoms with E-state index in [1.165, 1.54) is 51.9 Å². The van der Waals surface area contributed by atoms with Gasteiger partial charge in [0, 0.05) is 12.1 Å². The first-order valence-electron chi connectivity index (χ1n) is 7.87. The summed E-state index contributed by atoms with van der Waals surface area (Å²) in [6.45, 7) is 8.27. The molecule has 0 aromatic carbocycles. The largest absolute Gasteiger partial charge is 0.466 e. The Morgan fingerprint density at radius 2 is 1.89 bits per heavy atom. The first-order valence-corrected chi connectivity index (χ1v) is 7.87. The van der Waals surface area contributed by atoms with Gasteiger partial charge in [0.2, 0.25) is 0 Å². The SMILES string of the molecule is CCOC(=O)CC1(N2CCCC2)CN2CCC1CC2. The van der Waals surface area contributed by atoms with Crippen molar-refractivity contribution in [1.82, 2.24) is 9.80 Å². The Hall–Kier alpha value is -0.610. The predicted molar refractivity (Wildman–Crippen MR) is 74.0 cm³/mol. The van der Waals surface area contributed by atoms with Crippen molar-refractivity contribution in [3.05, 3.63) is 0 Å². The number of nitrogens with zero attached hydrogens (tertiary/aromatic N) is 2. The summed E-state index contributed by atoms with van der Waals surface area (Å²) in [6, 6.07) is 0. The van der Waals surface area contributed by atoms with Crippen LogP contribution in [0.25, 0.3) is 0 Å². The van der Waals surface area contributed by atoms with E-state index in [4.69, 9.17) is 4.74 Å². The molecule has 4 nitrogen and oxygen atoms in total. The molecule has 4 heteroatoms. The lowest BCUT2D eigenvalue weighted by atomic mass is 9.70. The third kappa shape index (κ3) is 2.40. The maximum atomic E-state index is 12.1. The summed E-state index contributed by atoms with van der Waals surface area (Å²) in [7, 11) is 0. The fraction of sp³-hybridized carbons (Fsp3) is 0.933. The molecule has 1 atom stereocenters. The molecule has 4 aliphatic heterocycles. The fourth-order valence-electron chi connectivity index (χ4n) is 4.44. The van der Waals surface area contributed by atoms with Gasteiger partial charge >= 0.3 is 5.97 Å². The van der Waals surface area contributed by atoms with E-state index in [-0.39, 0.29) is 11.5 Å². The van der Waals surface area contributed by atoms with Gasteiger partial charge in [-0.25, -0.2) is 0 Å². The first-order chi connectivity index (χ1) is 9.24. The van der Waals surface area contributed by atoms with Crippen molar-refractivity contribution in [1.29, 1.82) is 0 Å². The van der Waals surface area contributed by atoms with Crippen LogP contribution in [0.2, 0.25) is 0 Å². The Kier molecular flexibility index (Phi) is 3.81. The zero-order valence-corrected chi connectivity index (χ0v) is 12.1. The van der Waals surface area contributed by atoms with Gasteiger partial charge in [-0.3, -0.25) is 9.69 Å². The Balaban J connectivity index is 1.80. The third-order valence-electron chi connectivity index (χ3n) is 5.34. The van der Waals surface area contributed by atoms with Gasteiger partial charge in [0.25, 0.3) is 0 Å². The number of esters is 1. The zero-order chi connectivity index (χ0) is 13.3. The maximum Gasteiger partial charge on any atom is 0.307 e. The van der Waals surface area contributed by atoms with Crippen molar-refractivity contribution in [3.63, 3.8) is 0 Å². The molecule has 0 aromatic heterocycles. The predicted octanol–water partition coefficient (Wildman–Crippen LogP) is 1.50. The molecule has 1 unspecified atom stereocenters. The van der Waals surface area contributed by atoms with Crippen molar-refractivity contribution >= 4 is 5.97 Å². The monoisotopic (exact) mass is 266 g/mol. The quantitative estimate of drug-likeness (QED) is 0.722. The van der Waals surface area contributed by atoms with Crippen LogP contribution in [-0.4, -0.2) is 60.6 Å². The van der Waals surface area contributed by atoms with Crippen molar-refractivity contribution in [2.45, 2.75) is 44.6 Å². The molecule has 0 amide bonds. The van der Waals surface area contributed by atoms with Gasteiger partial charge in [-0.2, -0.15) is 0 Å². The minimum absolute atomic E-state index is 0.00292. The van der Waals surface area contributed by atoms with Gasteiger partial charge < -0.3 is 9.64 Å². The van der Waals surface area contributed by atoms with Gasteiger partial charge in [-0.15, -0.1) is 0 Å². The molecule has 0 spiro atoms. The van der Waals surface area contributed by atoms with Crippen LogP contribution >= 0.6 is 0 Å². The van der Waals surface area contributed by atoms with Gasteiger partial charge in [-0.05, 0) is 64.7 Å². The second kappa shape index (κ2) is 5.41. The average Bonchev–Trinajstić information content (AvgIpc) is 2.94. The van der Waals surface area contributed by atoms with Gasteiger partial charge in [0.15, 0.2) is 0 Å². The number of hydrogen-bond donors (Lipinski definition) is 0. The molecule has 4 saturated heterocycles. The van der Waals surface area contributed by atoms with Crippen LogP contribution in [0.5, 0.6) is 0 Å². The minimum Gasteiger partial charge on any atom is -0.466 e.